The number of hydrogen-bond acceptors (Lipinski definition) is 5. The lowest BCUT2D eigenvalue weighted by Gasteiger charge is -2.10. The van der Waals surface area contributed by atoms with Crippen molar-refractivity contribution in [3.05, 3.63) is 90.5 Å². The Labute approximate surface area is 175 Å². The van der Waals surface area contributed by atoms with Gasteiger partial charge in [0.2, 0.25) is 5.16 Å². The molecule has 0 fully saturated rings. The Balaban J connectivity index is 1.51. The zero-order valence-electron chi connectivity index (χ0n) is 16.2. The van der Waals surface area contributed by atoms with E-state index in [9.17, 15) is 0 Å². The number of aryl methyl sites for hydroxylation is 1. The zero-order chi connectivity index (χ0) is 19.9. The molecule has 1 aromatic heterocycles. The molecule has 0 unspecified atom stereocenters. The van der Waals surface area contributed by atoms with Gasteiger partial charge in [-0.05, 0) is 24.6 Å². The van der Waals surface area contributed by atoms with Crippen LogP contribution in [0.25, 0.3) is 22.5 Å². The van der Waals surface area contributed by atoms with E-state index in [0.29, 0.717) is 11.8 Å². The van der Waals surface area contributed by atoms with Crippen molar-refractivity contribution in [2.24, 2.45) is 0 Å². The van der Waals surface area contributed by atoms with E-state index in [4.69, 9.17) is 9.72 Å². The van der Waals surface area contributed by atoms with Gasteiger partial charge in [-0.25, -0.2) is 4.98 Å². The van der Waals surface area contributed by atoms with Crippen LogP contribution in [0.1, 0.15) is 5.56 Å². The van der Waals surface area contributed by atoms with Gasteiger partial charge in [0.15, 0.2) is 0 Å². The van der Waals surface area contributed by atoms with E-state index < -0.39 is 0 Å². The molecule has 144 valence electrons. The highest BCUT2D eigenvalue weighted by atomic mass is 32.2. The van der Waals surface area contributed by atoms with Crippen LogP contribution in [0.5, 0.6) is 5.75 Å². The van der Waals surface area contributed by atoms with E-state index in [0.717, 1.165) is 34.0 Å². The van der Waals surface area contributed by atoms with Crippen LogP contribution in [0.4, 0.5) is 0 Å². The van der Waals surface area contributed by atoms with E-state index in [1.165, 1.54) is 5.56 Å². The van der Waals surface area contributed by atoms with Crippen molar-refractivity contribution in [3.8, 4) is 28.3 Å². The second-order valence-electron chi connectivity index (χ2n) is 6.54. The molecule has 0 radical (unpaired) electrons. The molecule has 0 bridgehead atoms. The Kier molecular flexibility index (Phi) is 6.17. The Morgan fingerprint density at radius 2 is 1.45 bits per heavy atom. The topological polar surface area (TPSA) is 47.9 Å². The molecular formula is C24H21N3OS. The molecule has 4 rings (SSSR count). The molecule has 4 aromatic rings. The van der Waals surface area contributed by atoms with Gasteiger partial charge in [-0.2, -0.15) is 0 Å². The summed E-state index contributed by atoms with van der Waals surface area (Å²) < 4.78 is 5.82. The van der Waals surface area contributed by atoms with E-state index in [1.54, 1.807) is 11.8 Å². The molecular weight excluding hydrogens is 378 g/mol. The van der Waals surface area contributed by atoms with E-state index in [1.807, 2.05) is 78.9 Å². The summed E-state index contributed by atoms with van der Waals surface area (Å²) in [6.07, 6.45) is 0. The number of ether oxygens (including phenoxy) is 1. The van der Waals surface area contributed by atoms with Gasteiger partial charge in [-0.15, -0.1) is 10.2 Å². The maximum atomic E-state index is 5.82. The van der Waals surface area contributed by atoms with Crippen molar-refractivity contribution in [1.82, 2.24) is 15.2 Å². The molecule has 0 amide bonds. The fourth-order valence-corrected chi connectivity index (χ4v) is 3.56. The molecule has 0 atom stereocenters. The van der Waals surface area contributed by atoms with Crippen molar-refractivity contribution in [1.29, 1.82) is 0 Å². The third kappa shape index (κ3) is 5.00. The van der Waals surface area contributed by atoms with Crippen LogP contribution in [0.3, 0.4) is 0 Å². The minimum Gasteiger partial charge on any atom is -0.493 e. The molecule has 0 aliphatic heterocycles. The number of aromatic nitrogens is 3. The standard InChI is InChI=1S/C24H21N3OS/c1-18-9-8-14-21(17-18)28-15-16-29-24-25-22(19-10-4-2-5-11-19)23(26-27-24)20-12-6-3-7-13-20/h2-14,17H,15-16H2,1H3. The van der Waals surface area contributed by atoms with E-state index >= 15 is 0 Å². The van der Waals surface area contributed by atoms with Crippen molar-refractivity contribution in [2.75, 3.05) is 12.4 Å². The van der Waals surface area contributed by atoms with E-state index in [-0.39, 0.29) is 0 Å². The van der Waals surface area contributed by atoms with Crippen LogP contribution in [-0.4, -0.2) is 27.5 Å². The predicted molar refractivity (Wildman–Crippen MR) is 118 cm³/mol. The second-order valence-corrected chi connectivity index (χ2v) is 7.60. The second kappa shape index (κ2) is 9.34. The number of thioether (sulfide) groups is 1. The first kappa shape index (κ1) is 19.2. The number of benzene rings is 3. The van der Waals surface area contributed by atoms with Crippen LogP contribution in [0.15, 0.2) is 90.1 Å². The molecule has 0 saturated carbocycles. The first-order valence-electron chi connectivity index (χ1n) is 9.47. The van der Waals surface area contributed by atoms with Gasteiger partial charge >= 0.3 is 0 Å². The fourth-order valence-electron chi connectivity index (χ4n) is 2.96. The summed E-state index contributed by atoms with van der Waals surface area (Å²) in [5.41, 5.74) is 4.85. The van der Waals surface area contributed by atoms with Crippen molar-refractivity contribution in [2.45, 2.75) is 12.1 Å². The summed E-state index contributed by atoms with van der Waals surface area (Å²) in [4.78, 5) is 4.81. The Hall–Kier alpha value is -3.18. The molecule has 4 nitrogen and oxygen atoms in total. The average molecular weight is 400 g/mol. The molecule has 5 heteroatoms. The minimum atomic E-state index is 0.582. The van der Waals surface area contributed by atoms with Gasteiger partial charge in [-0.1, -0.05) is 84.6 Å². The Bertz CT molecular complexity index is 1070. The molecule has 0 aliphatic carbocycles. The summed E-state index contributed by atoms with van der Waals surface area (Å²) in [5, 5.41) is 9.50. The van der Waals surface area contributed by atoms with Crippen LogP contribution < -0.4 is 4.74 Å². The Morgan fingerprint density at radius 3 is 2.14 bits per heavy atom. The highest BCUT2D eigenvalue weighted by molar-refractivity contribution is 7.99. The van der Waals surface area contributed by atoms with E-state index in [2.05, 4.69) is 23.2 Å². The smallest absolute Gasteiger partial charge is 0.209 e. The lowest BCUT2D eigenvalue weighted by Crippen LogP contribution is -2.03. The average Bonchev–Trinajstić information content (AvgIpc) is 2.78. The van der Waals surface area contributed by atoms with Crippen molar-refractivity contribution in [3.63, 3.8) is 0 Å². The first-order valence-corrected chi connectivity index (χ1v) is 10.5. The SMILES string of the molecule is Cc1cccc(OCCSc2nnc(-c3ccccc3)c(-c3ccccc3)n2)c1. The molecule has 0 saturated heterocycles. The first-order chi connectivity index (χ1) is 14.3. The fraction of sp³-hybridized carbons (Fsp3) is 0.125. The summed E-state index contributed by atoms with van der Waals surface area (Å²) in [7, 11) is 0. The minimum absolute atomic E-state index is 0.582. The van der Waals surface area contributed by atoms with Gasteiger partial charge in [0.1, 0.15) is 17.1 Å². The molecule has 3 aromatic carbocycles. The maximum Gasteiger partial charge on any atom is 0.209 e. The number of rotatable bonds is 7. The molecule has 29 heavy (non-hydrogen) atoms. The highest BCUT2D eigenvalue weighted by Gasteiger charge is 2.13. The lowest BCUT2D eigenvalue weighted by molar-refractivity contribution is 0.343. The number of nitrogens with zero attached hydrogens (tertiary/aromatic N) is 3. The van der Waals surface area contributed by atoms with Crippen LogP contribution in [0.2, 0.25) is 0 Å². The van der Waals surface area contributed by atoms with Gasteiger partial charge in [0, 0.05) is 16.9 Å². The van der Waals surface area contributed by atoms with Gasteiger partial charge in [0.25, 0.3) is 0 Å². The molecule has 0 spiro atoms. The summed E-state index contributed by atoms with van der Waals surface area (Å²) in [6.45, 7) is 2.64. The van der Waals surface area contributed by atoms with Gasteiger partial charge < -0.3 is 4.74 Å². The summed E-state index contributed by atoms with van der Waals surface area (Å²) in [5.74, 6) is 1.63. The largest absolute Gasteiger partial charge is 0.493 e. The third-order valence-corrected chi connectivity index (χ3v) is 5.14. The van der Waals surface area contributed by atoms with Gasteiger partial charge in [0.05, 0.1) is 6.61 Å². The number of hydrogen-bond donors (Lipinski definition) is 0. The molecule has 0 N–H and O–H groups in total. The van der Waals surface area contributed by atoms with Crippen LogP contribution >= 0.6 is 11.8 Å². The van der Waals surface area contributed by atoms with Gasteiger partial charge in [-0.3, -0.25) is 0 Å². The van der Waals surface area contributed by atoms with Crippen LogP contribution in [-0.2, 0) is 0 Å². The van der Waals surface area contributed by atoms with Crippen LogP contribution in [0, 0.1) is 6.92 Å². The summed E-state index contributed by atoms with van der Waals surface area (Å²) >= 11 is 1.55. The van der Waals surface area contributed by atoms with Crippen molar-refractivity contribution < 1.29 is 4.74 Å². The monoisotopic (exact) mass is 399 g/mol. The molecule has 1 heterocycles. The molecule has 0 aliphatic rings. The maximum absolute atomic E-state index is 5.82. The predicted octanol–water partition coefficient (Wildman–Crippen LogP) is 5.69. The highest BCUT2D eigenvalue weighted by Crippen LogP contribution is 2.29. The zero-order valence-corrected chi connectivity index (χ0v) is 17.0. The van der Waals surface area contributed by atoms with Crippen molar-refractivity contribution >= 4 is 11.8 Å². The Morgan fingerprint density at radius 1 is 0.759 bits per heavy atom. The quantitative estimate of drug-likeness (QED) is 0.295. The summed E-state index contributed by atoms with van der Waals surface area (Å²) in [6, 6.07) is 28.2. The lowest BCUT2D eigenvalue weighted by atomic mass is 10.0. The normalized spacial score (nSPS) is 10.7. The third-order valence-electron chi connectivity index (χ3n) is 4.33.